The highest BCUT2D eigenvalue weighted by molar-refractivity contribution is 6.38. The monoisotopic (exact) mass is 280 g/mol. The van der Waals surface area contributed by atoms with E-state index in [0.29, 0.717) is 6.07 Å². The molecule has 0 aliphatic carbocycles. The molecule has 2 nitrogen and oxygen atoms in total. The summed E-state index contributed by atoms with van der Waals surface area (Å²) in [6.07, 6.45) is -4.68. The van der Waals surface area contributed by atoms with Crippen LogP contribution in [0.4, 0.5) is 13.2 Å². The van der Waals surface area contributed by atoms with Gasteiger partial charge in [-0.1, -0.05) is 29.0 Å². The quantitative estimate of drug-likeness (QED) is 0.739. The van der Waals surface area contributed by atoms with Crippen LogP contribution in [-0.2, 0) is 6.18 Å². The highest BCUT2D eigenvalue weighted by Crippen LogP contribution is 2.36. The lowest BCUT2D eigenvalue weighted by Crippen LogP contribution is -2.09. The van der Waals surface area contributed by atoms with Crippen molar-refractivity contribution in [1.29, 1.82) is 0 Å². The van der Waals surface area contributed by atoms with Gasteiger partial charge in [0.05, 0.1) is 10.5 Å². The second-order valence-electron chi connectivity index (χ2n) is 3.29. The van der Waals surface area contributed by atoms with Crippen molar-refractivity contribution in [3.63, 3.8) is 0 Å². The summed E-state index contributed by atoms with van der Waals surface area (Å²) >= 11 is 11.4. The van der Waals surface area contributed by atoms with Crippen LogP contribution in [0.1, 0.15) is 5.69 Å². The maximum atomic E-state index is 12.4. The van der Waals surface area contributed by atoms with Gasteiger partial charge in [0.25, 0.3) is 0 Å². The van der Waals surface area contributed by atoms with Gasteiger partial charge < -0.3 is 5.11 Å². The molecule has 0 unspecified atom stereocenters. The normalized spacial score (nSPS) is 12.1. The molecule has 1 aromatic carbocycles. The summed E-state index contributed by atoms with van der Waals surface area (Å²) in [5.41, 5.74) is -1.46. The predicted octanol–water partition coefficient (Wildman–Crippen LogP) is 3.63. The van der Waals surface area contributed by atoms with Crippen molar-refractivity contribution in [1.82, 2.24) is 4.98 Å². The van der Waals surface area contributed by atoms with Crippen molar-refractivity contribution in [3.8, 4) is 5.75 Å². The van der Waals surface area contributed by atoms with Gasteiger partial charge in [-0.05, 0) is 23.6 Å². The number of pyridine rings is 1. The molecular weight excluding hydrogens is 278 g/mol. The molecule has 0 fully saturated rings. The molecule has 0 N–H and O–H groups in total. The van der Waals surface area contributed by atoms with E-state index in [1.165, 1.54) is 12.1 Å². The Bertz CT molecular complexity index is 598. The van der Waals surface area contributed by atoms with Gasteiger partial charge in [-0.15, -0.1) is 0 Å². The molecule has 17 heavy (non-hydrogen) atoms. The van der Waals surface area contributed by atoms with Crippen LogP contribution in [0.5, 0.6) is 5.75 Å². The first-order valence-corrected chi connectivity index (χ1v) is 5.08. The summed E-state index contributed by atoms with van der Waals surface area (Å²) in [6, 6.07) is 2.89. The van der Waals surface area contributed by atoms with Gasteiger partial charge in [-0.25, -0.2) is 4.98 Å². The van der Waals surface area contributed by atoms with Crippen LogP contribution >= 0.6 is 23.2 Å². The van der Waals surface area contributed by atoms with E-state index >= 15 is 0 Å². The van der Waals surface area contributed by atoms with Crippen LogP contribution in [0, 0.1) is 0 Å². The molecule has 0 radical (unpaired) electrons. The highest BCUT2D eigenvalue weighted by Gasteiger charge is 2.32. The van der Waals surface area contributed by atoms with Crippen molar-refractivity contribution >= 4 is 34.1 Å². The second kappa shape index (κ2) is 3.92. The maximum Gasteiger partial charge on any atom is 0.433 e. The Morgan fingerprint density at radius 3 is 2.35 bits per heavy atom. The van der Waals surface area contributed by atoms with Crippen LogP contribution < -0.4 is 5.11 Å². The second-order valence-corrected chi connectivity index (χ2v) is 4.13. The van der Waals surface area contributed by atoms with Gasteiger partial charge >= 0.3 is 6.18 Å². The summed E-state index contributed by atoms with van der Waals surface area (Å²) < 4.78 is 37.3. The smallest absolute Gasteiger partial charge is 0.433 e. The summed E-state index contributed by atoms with van der Waals surface area (Å²) in [5.74, 6) is -0.813. The van der Waals surface area contributed by atoms with E-state index in [1.807, 2.05) is 0 Å². The number of alkyl halides is 3. The van der Waals surface area contributed by atoms with Gasteiger partial charge in [0.2, 0.25) is 0 Å². The molecule has 0 atom stereocenters. The third-order valence-electron chi connectivity index (χ3n) is 2.08. The van der Waals surface area contributed by atoms with Crippen molar-refractivity contribution in [2.24, 2.45) is 0 Å². The average Bonchev–Trinajstić information content (AvgIpc) is 2.17. The van der Waals surface area contributed by atoms with Crippen LogP contribution in [0.3, 0.4) is 0 Å². The number of aromatic nitrogens is 1. The van der Waals surface area contributed by atoms with Crippen molar-refractivity contribution in [3.05, 3.63) is 33.9 Å². The van der Waals surface area contributed by atoms with E-state index in [0.717, 1.165) is 0 Å². The van der Waals surface area contributed by atoms with Gasteiger partial charge in [0.15, 0.2) is 0 Å². The fourth-order valence-corrected chi connectivity index (χ4v) is 1.90. The third kappa shape index (κ3) is 2.25. The third-order valence-corrected chi connectivity index (χ3v) is 2.59. The van der Waals surface area contributed by atoms with E-state index < -0.39 is 17.6 Å². The highest BCUT2D eigenvalue weighted by atomic mass is 35.5. The first-order valence-electron chi connectivity index (χ1n) is 4.33. The minimum atomic E-state index is -4.68. The lowest BCUT2D eigenvalue weighted by atomic mass is 10.2. The number of nitrogens with zero attached hydrogens (tertiary/aromatic N) is 1. The van der Waals surface area contributed by atoms with E-state index in [2.05, 4.69) is 4.98 Å². The number of benzene rings is 1. The Kier molecular flexibility index (Phi) is 2.83. The molecule has 0 spiro atoms. The van der Waals surface area contributed by atoms with Gasteiger partial charge in [0, 0.05) is 5.02 Å². The zero-order valence-corrected chi connectivity index (χ0v) is 9.49. The number of halogens is 5. The molecular formula is C10H3Cl2F3NO-. The molecule has 0 aliphatic rings. The van der Waals surface area contributed by atoms with Crippen molar-refractivity contribution in [2.75, 3.05) is 0 Å². The molecule has 0 saturated carbocycles. The SMILES string of the molecule is [O-]c1cc(C(F)(F)F)nc2c(Cl)cc(Cl)cc12. The molecule has 2 aromatic rings. The summed E-state index contributed by atoms with van der Waals surface area (Å²) in [4.78, 5) is 3.33. The molecule has 0 aliphatic heterocycles. The Labute approximate surface area is 104 Å². The first-order chi connectivity index (χ1) is 7.79. The Morgan fingerprint density at radius 1 is 1.12 bits per heavy atom. The number of rotatable bonds is 0. The summed E-state index contributed by atoms with van der Waals surface area (Å²) in [5, 5.41) is 11.5. The number of hydrogen-bond acceptors (Lipinski definition) is 2. The van der Waals surface area contributed by atoms with Crippen molar-refractivity contribution < 1.29 is 18.3 Å². The fraction of sp³-hybridized carbons (Fsp3) is 0.100. The van der Waals surface area contributed by atoms with Gasteiger partial charge in [0.1, 0.15) is 5.69 Å². The van der Waals surface area contributed by atoms with E-state index in [1.54, 1.807) is 0 Å². The average molecular weight is 281 g/mol. The Hall–Kier alpha value is -1.20. The van der Waals surface area contributed by atoms with E-state index in [4.69, 9.17) is 23.2 Å². The Morgan fingerprint density at radius 2 is 1.76 bits per heavy atom. The molecule has 0 bridgehead atoms. The topological polar surface area (TPSA) is 36.0 Å². The van der Waals surface area contributed by atoms with Crippen molar-refractivity contribution in [2.45, 2.75) is 6.18 Å². The summed E-state index contributed by atoms with van der Waals surface area (Å²) in [7, 11) is 0. The van der Waals surface area contributed by atoms with Crippen LogP contribution in [0.25, 0.3) is 10.9 Å². The molecule has 2 rings (SSSR count). The lowest BCUT2D eigenvalue weighted by Gasteiger charge is -2.15. The molecule has 0 amide bonds. The zero-order chi connectivity index (χ0) is 12.8. The fourth-order valence-electron chi connectivity index (χ4n) is 1.37. The van der Waals surface area contributed by atoms with E-state index in [-0.39, 0.29) is 20.9 Å². The standard InChI is InChI=1S/C10H4Cl2F3NO/c11-4-1-5-7(17)3-8(10(13,14)15)16-9(5)6(12)2-4/h1-3H,(H,16,17)/p-1. The van der Waals surface area contributed by atoms with Gasteiger partial charge in [-0.3, -0.25) is 0 Å². The predicted molar refractivity (Wildman–Crippen MR) is 56.2 cm³/mol. The number of hydrogen-bond donors (Lipinski definition) is 0. The van der Waals surface area contributed by atoms with Crippen LogP contribution in [0.15, 0.2) is 18.2 Å². The molecule has 0 saturated heterocycles. The minimum absolute atomic E-state index is 0.0319. The lowest BCUT2D eigenvalue weighted by molar-refractivity contribution is -0.266. The van der Waals surface area contributed by atoms with E-state index in [9.17, 15) is 18.3 Å². The van der Waals surface area contributed by atoms with Crippen LogP contribution in [0.2, 0.25) is 10.0 Å². The Balaban J connectivity index is 2.83. The largest absolute Gasteiger partial charge is 0.872 e. The molecule has 1 heterocycles. The number of fused-ring (bicyclic) bond motifs is 1. The van der Waals surface area contributed by atoms with Gasteiger partial charge in [-0.2, -0.15) is 13.2 Å². The van der Waals surface area contributed by atoms with Crippen LogP contribution in [-0.4, -0.2) is 4.98 Å². The summed E-state index contributed by atoms with van der Waals surface area (Å²) in [6.45, 7) is 0. The first kappa shape index (κ1) is 12.3. The molecule has 90 valence electrons. The molecule has 1 aromatic heterocycles. The minimum Gasteiger partial charge on any atom is -0.872 e. The molecule has 7 heteroatoms. The maximum absolute atomic E-state index is 12.4. The zero-order valence-electron chi connectivity index (χ0n) is 7.98.